The van der Waals surface area contributed by atoms with E-state index < -0.39 is 11.7 Å². The van der Waals surface area contributed by atoms with Gasteiger partial charge in [0.25, 0.3) is 5.91 Å². The molecule has 0 saturated carbocycles. The second kappa shape index (κ2) is 7.08. The van der Waals surface area contributed by atoms with Crippen molar-refractivity contribution in [2.24, 2.45) is 0 Å². The van der Waals surface area contributed by atoms with E-state index in [1.54, 1.807) is 9.80 Å². The van der Waals surface area contributed by atoms with Crippen LogP contribution in [-0.2, 0) is 4.79 Å². The minimum absolute atomic E-state index is 0.178. The number of rotatable bonds is 3. The molecule has 1 aromatic rings. The number of piperazine rings is 2. The number of carbonyl (C=O) groups is 2. The molecule has 0 N–H and O–H groups in total. The quantitative estimate of drug-likeness (QED) is 0.679. The first-order chi connectivity index (χ1) is 11.6. The highest BCUT2D eigenvalue weighted by Gasteiger charge is 2.26. The van der Waals surface area contributed by atoms with Crippen LogP contribution >= 0.6 is 0 Å². The van der Waals surface area contributed by atoms with Crippen molar-refractivity contribution in [2.45, 2.75) is 0 Å². The maximum atomic E-state index is 14.1. The Kier molecular flexibility index (Phi) is 4.89. The zero-order valence-electron chi connectivity index (χ0n) is 13.7. The summed E-state index contributed by atoms with van der Waals surface area (Å²) in [6.45, 7) is 4.90. The number of likely N-dealkylation sites (N-methyl/N-ethyl adjacent to an activating group) is 1. The summed E-state index contributed by atoms with van der Waals surface area (Å²) in [5.74, 6) is -0.760. The van der Waals surface area contributed by atoms with Crippen molar-refractivity contribution < 1.29 is 14.0 Å². The highest BCUT2D eigenvalue weighted by molar-refractivity contribution is 5.92. The van der Waals surface area contributed by atoms with Gasteiger partial charge >= 0.3 is 0 Å². The van der Waals surface area contributed by atoms with Crippen molar-refractivity contribution in [3.63, 3.8) is 0 Å². The number of hydrogen-bond acceptors (Lipinski definition) is 6. The van der Waals surface area contributed by atoms with Crippen molar-refractivity contribution in [2.75, 3.05) is 64.3 Å². The van der Waals surface area contributed by atoms with E-state index >= 15 is 0 Å². The van der Waals surface area contributed by atoms with Crippen LogP contribution in [0.3, 0.4) is 0 Å². The van der Waals surface area contributed by atoms with Crippen LogP contribution in [0.2, 0.25) is 0 Å². The van der Waals surface area contributed by atoms with Crippen LogP contribution in [0.4, 0.5) is 10.3 Å². The van der Waals surface area contributed by atoms with Crippen LogP contribution in [0.15, 0.2) is 6.20 Å². The lowest BCUT2D eigenvalue weighted by molar-refractivity contribution is -0.118. The third kappa shape index (κ3) is 3.45. The van der Waals surface area contributed by atoms with Crippen LogP contribution < -0.4 is 4.90 Å². The first-order valence-electron chi connectivity index (χ1n) is 8.03. The molecule has 130 valence electrons. The highest BCUT2D eigenvalue weighted by Crippen LogP contribution is 2.15. The topological polar surface area (TPSA) is 72.9 Å². The number of halogens is 1. The normalized spacial score (nSPS) is 19.5. The van der Waals surface area contributed by atoms with Gasteiger partial charge in [0.1, 0.15) is 0 Å². The van der Waals surface area contributed by atoms with Gasteiger partial charge in [0.05, 0.1) is 6.20 Å². The van der Waals surface area contributed by atoms with Gasteiger partial charge in [-0.15, -0.1) is 0 Å². The fourth-order valence-corrected chi connectivity index (χ4v) is 2.85. The van der Waals surface area contributed by atoms with Crippen molar-refractivity contribution in [1.82, 2.24) is 24.7 Å². The molecule has 3 rings (SSSR count). The molecule has 1 aromatic heterocycles. The Morgan fingerprint density at radius 2 is 1.79 bits per heavy atom. The average molecular weight is 336 g/mol. The second-order valence-corrected chi connectivity index (χ2v) is 6.09. The van der Waals surface area contributed by atoms with E-state index in [4.69, 9.17) is 0 Å². The van der Waals surface area contributed by atoms with E-state index in [0.717, 1.165) is 25.7 Å². The second-order valence-electron chi connectivity index (χ2n) is 6.09. The molecule has 0 bridgehead atoms. The minimum atomic E-state index is -0.700. The van der Waals surface area contributed by atoms with E-state index in [1.165, 1.54) is 0 Å². The Bertz CT molecular complexity index is 612. The lowest BCUT2D eigenvalue weighted by atomic mass is 10.2. The molecule has 0 spiro atoms. The molecule has 2 saturated heterocycles. The van der Waals surface area contributed by atoms with Gasteiger partial charge in [-0.1, -0.05) is 0 Å². The summed E-state index contributed by atoms with van der Waals surface area (Å²) < 4.78 is 14.1. The molecule has 2 aliphatic heterocycles. The van der Waals surface area contributed by atoms with Gasteiger partial charge in [0, 0.05) is 52.4 Å². The van der Waals surface area contributed by atoms with Crippen molar-refractivity contribution in [3.8, 4) is 0 Å². The van der Waals surface area contributed by atoms with Gasteiger partial charge < -0.3 is 19.6 Å². The zero-order chi connectivity index (χ0) is 17.1. The van der Waals surface area contributed by atoms with Crippen LogP contribution in [-0.4, -0.2) is 96.4 Å². The summed E-state index contributed by atoms with van der Waals surface area (Å²) in [7, 11) is 1.99. The maximum Gasteiger partial charge on any atom is 0.275 e. The highest BCUT2D eigenvalue weighted by atomic mass is 19.1. The molecule has 3 heterocycles. The van der Waals surface area contributed by atoms with Gasteiger partial charge in [0.15, 0.2) is 11.5 Å². The third-order valence-electron chi connectivity index (χ3n) is 4.47. The Morgan fingerprint density at radius 1 is 1.12 bits per heavy atom. The average Bonchev–Trinajstić information content (AvgIpc) is 2.62. The van der Waals surface area contributed by atoms with Gasteiger partial charge in [0.2, 0.25) is 12.4 Å². The van der Waals surface area contributed by atoms with Gasteiger partial charge in [-0.2, -0.15) is 0 Å². The minimum Gasteiger partial charge on any atom is -0.342 e. The zero-order valence-corrected chi connectivity index (χ0v) is 13.7. The summed E-state index contributed by atoms with van der Waals surface area (Å²) >= 11 is 0. The third-order valence-corrected chi connectivity index (χ3v) is 4.47. The molecule has 2 aliphatic rings. The Balaban J connectivity index is 1.74. The Morgan fingerprint density at radius 3 is 2.42 bits per heavy atom. The summed E-state index contributed by atoms with van der Waals surface area (Å²) in [5, 5.41) is 0. The van der Waals surface area contributed by atoms with E-state index in [-0.39, 0.29) is 5.69 Å². The smallest absolute Gasteiger partial charge is 0.275 e. The summed E-state index contributed by atoms with van der Waals surface area (Å²) in [4.78, 5) is 38.8. The van der Waals surface area contributed by atoms with Crippen LogP contribution in [0, 0.1) is 5.82 Å². The van der Waals surface area contributed by atoms with Gasteiger partial charge in [-0.05, 0) is 7.05 Å². The van der Waals surface area contributed by atoms with Crippen LogP contribution in [0.25, 0.3) is 0 Å². The molecule has 0 aromatic carbocycles. The maximum absolute atomic E-state index is 14.1. The number of hydrogen-bond donors (Lipinski definition) is 0. The van der Waals surface area contributed by atoms with Gasteiger partial charge in [-0.3, -0.25) is 9.59 Å². The standard InChI is InChI=1S/C15H21FN6O2/c1-19-2-6-21(7-3-19)14(24)13-12(16)10-17-15(18-13)22-8-4-20(11-23)5-9-22/h10-11H,2-9H2,1H3. The predicted octanol–water partition coefficient (Wildman–Crippen LogP) is -0.718. The van der Waals surface area contributed by atoms with Crippen LogP contribution in [0.5, 0.6) is 0 Å². The lowest BCUT2D eigenvalue weighted by Crippen LogP contribution is -2.48. The number of nitrogens with zero attached hydrogens (tertiary/aromatic N) is 6. The molecular weight excluding hydrogens is 315 g/mol. The SMILES string of the molecule is CN1CCN(C(=O)c2nc(N3CCN(C=O)CC3)ncc2F)CC1. The van der Waals surface area contributed by atoms with E-state index in [2.05, 4.69) is 14.9 Å². The van der Waals surface area contributed by atoms with Crippen molar-refractivity contribution >= 4 is 18.3 Å². The molecule has 0 aliphatic carbocycles. The molecule has 0 radical (unpaired) electrons. The molecule has 2 fully saturated rings. The summed E-state index contributed by atoms with van der Waals surface area (Å²) in [6, 6.07) is 0. The molecule has 24 heavy (non-hydrogen) atoms. The number of anilines is 1. The fraction of sp³-hybridized carbons (Fsp3) is 0.600. The number of aromatic nitrogens is 2. The first kappa shape index (κ1) is 16.6. The molecule has 2 amide bonds. The Labute approximate surface area is 139 Å². The van der Waals surface area contributed by atoms with Crippen molar-refractivity contribution in [3.05, 3.63) is 17.7 Å². The van der Waals surface area contributed by atoms with E-state index in [1.807, 2.05) is 11.9 Å². The van der Waals surface area contributed by atoms with E-state index in [0.29, 0.717) is 45.2 Å². The fourth-order valence-electron chi connectivity index (χ4n) is 2.85. The summed E-state index contributed by atoms with van der Waals surface area (Å²) in [6.07, 6.45) is 1.86. The van der Waals surface area contributed by atoms with Crippen molar-refractivity contribution in [1.29, 1.82) is 0 Å². The molecule has 9 heteroatoms. The van der Waals surface area contributed by atoms with Gasteiger partial charge in [-0.25, -0.2) is 14.4 Å². The molecule has 8 nitrogen and oxygen atoms in total. The summed E-state index contributed by atoms with van der Waals surface area (Å²) in [5.41, 5.74) is -0.178. The molecular formula is C15H21FN6O2. The predicted molar refractivity (Wildman–Crippen MR) is 85.2 cm³/mol. The first-order valence-corrected chi connectivity index (χ1v) is 8.03. The van der Waals surface area contributed by atoms with Crippen LogP contribution in [0.1, 0.15) is 10.5 Å². The monoisotopic (exact) mass is 336 g/mol. The van der Waals surface area contributed by atoms with E-state index in [9.17, 15) is 14.0 Å². The molecule has 0 atom stereocenters. The lowest BCUT2D eigenvalue weighted by Gasteiger charge is -2.33. The molecule has 0 unspecified atom stereocenters. The Hall–Kier alpha value is -2.29. The number of amides is 2. The number of carbonyl (C=O) groups excluding carboxylic acids is 2. The largest absolute Gasteiger partial charge is 0.342 e.